The highest BCUT2D eigenvalue weighted by Gasteiger charge is 2.25. The van der Waals surface area contributed by atoms with E-state index in [1.54, 1.807) is 0 Å². The molecule has 3 atom stereocenters. The van der Waals surface area contributed by atoms with Crippen LogP contribution in [0.3, 0.4) is 0 Å². The molecule has 1 saturated carbocycles. The van der Waals surface area contributed by atoms with E-state index in [2.05, 4.69) is 89.6 Å². The molecule has 1 aliphatic rings. The van der Waals surface area contributed by atoms with E-state index in [0.717, 1.165) is 11.8 Å². The largest absolute Gasteiger partial charge is 0.0616 e. The van der Waals surface area contributed by atoms with E-state index < -0.39 is 0 Å². The zero-order chi connectivity index (χ0) is 17.9. The van der Waals surface area contributed by atoms with Gasteiger partial charge in [0.05, 0.1) is 0 Å². The van der Waals surface area contributed by atoms with Crippen LogP contribution in [0.1, 0.15) is 62.0 Å². The van der Waals surface area contributed by atoms with E-state index in [0.29, 0.717) is 5.92 Å². The Hall–Kier alpha value is -1.60. The zero-order valence-corrected chi connectivity index (χ0v) is 17.1. The van der Waals surface area contributed by atoms with Crippen molar-refractivity contribution in [2.75, 3.05) is 0 Å². The molecule has 0 amide bonds. The number of hydrogen-bond acceptors (Lipinski definition) is 0. The molecule has 1 fully saturated rings. The van der Waals surface area contributed by atoms with Gasteiger partial charge in [0, 0.05) is 4.47 Å². The van der Waals surface area contributed by atoms with E-state index in [1.807, 2.05) is 0 Å². The first kappa shape index (κ1) is 17.8. The highest BCUT2D eigenvalue weighted by Crippen LogP contribution is 2.41. The Morgan fingerprint density at radius 2 is 1.77 bits per heavy atom. The molecule has 0 unspecified atom stereocenters. The van der Waals surface area contributed by atoms with Gasteiger partial charge in [0.2, 0.25) is 0 Å². The van der Waals surface area contributed by atoms with Crippen LogP contribution in [-0.4, -0.2) is 0 Å². The lowest BCUT2D eigenvalue weighted by Gasteiger charge is -2.31. The van der Waals surface area contributed by atoms with Crippen molar-refractivity contribution in [2.24, 2.45) is 5.92 Å². The Balaban J connectivity index is 1.49. The monoisotopic (exact) mass is 406 g/mol. The van der Waals surface area contributed by atoms with Gasteiger partial charge in [-0.1, -0.05) is 90.3 Å². The van der Waals surface area contributed by atoms with E-state index in [-0.39, 0.29) is 0 Å². The van der Waals surface area contributed by atoms with Crippen molar-refractivity contribution in [3.05, 3.63) is 82.3 Å². The number of halogens is 1. The van der Waals surface area contributed by atoms with Gasteiger partial charge >= 0.3 is 0 Å². The fourth-order valence-electron chi connectivity index (χ4n) is 4.88. The van der Waals surface area contributed by atoms with Crippen LogP contribution < -0.4 is 0 Å². The molecular formula is C25H27Br. The minimum absolute atomic E-state index is 0.618. The first-order valence-electron chi connectivity index (χ1n) is 9.94. The maximum atomic E-state index is 3.64. The molecule has 0 N–H and O–H groups in total. The van der Waals surface area contributed by atoms with Crippen LogP contribution in [0.4, 0.5) is 0 Å². The molecule has 1 aliphatic carbocycles. The Morgan fingerprint density at radius 1 is 0.962 bits per heavy atom. The zero-order valence-electron chi connectivity index (χ0n) is 15.5. The lowest BCUT2D eigenvalue weighted by Crippen LogP contribution is -2.16. The first-order valence-corrected chi connectivity index (χ1v) is 10.7. The van der Waals surface area contributed by atoms with Crippen molar-refractivity contribution >= 4 is 26.7 Å². The van der Waals surface area contributed by atoms with Crippen LogP contribution in [-0.2, 0) is 0 Å². The van der Waals surface area contributed by atoms with E-state index in [1.165, 1.54) is 58.5 Å². The van der Waals surface area contributed by atoms with Crippen molar-refractivity contribution in [2.45, 2.75) is 50.9 Å². The highest BCUT2D eigenvalue weighted by molar-refractivity contribution is 9.10. The van der Waals surface area contributed by atoms with Gasteiger partial charge in [-0.2, -0.15) is 0 Å². The fourth-order valence-corrected chi connectivity index (χ4v) is 5.29. The average Bonchev–Trinajstić information content (AvgIpc) is 2.68. The Labute approximate surface area is 165 Å². The molecule has 0 spiro atoms. The molecule has 26 heavy (non-hydrogen) atoms. The Kier molecular flexibility index (Phi) is 5.45. The molecule has 0 heterocycles. The molecule has 1 heteroatoms. The van der Waals surface area contributed by atoms with E-state index >= 15 is 0 Å². The van der Waals surface area contributed by atoms with Crippen LogP contribution in [0, 0.1) is 5.92 Å². The van der Waals surface area contributed by atoms with E-state index in [4.69, 9.17) is 0 Å². The molecular weight excluding hydrogens is 380 g/mol. The maximum Gasteiger partial charge on any atom is 0.0178 e. The summed E-state index contributed by atoms with van der Waals surface area (Å²) in [5, 5.41) is 2.80. The second kappa shape index (κ2) is 7.96. The Morgan fingerprint density at radius 3 is 2.65 bits per heavy atom. The van der Waals surface area contributed by atoms with Crippen molar-refractivity contribution in [1.29, 1.82) is 0 Å². The van der Waals surface area contributed by atoms with Crippen LogP contribution >= 0.6 is 15.9 Å². The summed E-state index contributed by atoms with van der Waals surface area (Å²) in [6, 6.07) is 24.6. The standard InChI is InChI=1S/C25H27Br/c1-18(24-14-6-9-20-8-2-3-13-25(20)24)15-19-7-4-10-21(16-19)22-11-5-12-23(26)17-22/h2-3,5-6,8-9,11-14,17-19,21H,4,7,10,15-16H2,1H3/t18-,19-,21+/m0/s1. The van der Waals surface area contributed by atoms with Crippen molar-refractivity contribution in [3.8, 4) is 0 Å². The van der Waals surface area contributed by atoms with Crippen molar-refractivity contribution in [1.82, 2.24) is 0 Å². The molecule has 0 nitrogen and oxygen atoms in total. The van der Waals surface area contributed by atoms with E-state index in [9.17, 15) is 0 Å². The molecule has 0 bridgehead atoms. The smallest absolute Gasteiger partial charge is 0.0178 e. The minimum Gasteiger partial charge on any atom is -0.0616 e. The summed E-state index contributed by atoms with van der Waals surface area (Å²) in [6.45, 7) is 2.42. The molecule has 0 saturated heterocycles. The third-order valence-corrected chi connectivity index (χ3v) is 6.64. The first-order chi connectivity index (χ1) is 12.7. The maximum absolute atomic E-state index is 3.64. The second-order valence-electron chi connectivity index (χ2n) is 7.99. The summed E-state index contributed by atoms with van der Waals surface area (Å²) in [7, 11) is 0. The second-order valence-corrected chi connectivity index (χ2v) is 8.91. The van der Waals surface area contributed by atoms with Crippen LogP contribution in [0.25, 0.3) is 10.8 Å². The summed E-state index contributed by atoms with van der Waals surface area (Å²) in [6.07, 6.45) is 6.74. The van der Waals surface area contributed by atoms with Gasteiger partial charge in [0.1, 0.15) is 0 Å². The fraction of sp³-hybridized carbons (Fsp3) is 0.360. The molecule has 0 radical (unpaired) electrons. The molecule has 3 aromatic carbocycles. The quantitative estimate of drug-likeness (QED) is 0.410. The third kappa shape index (κ3) is 3.88. The summed E-state index contributed by atoms with van der Waals surface area (Å²) < 4.78 is 1.21. The topological polar surface area (TPSA) is 0 Å². The molecule has 0 aromatic heterocycles. The summed E-state index contributed by atoms with van der Waals surface area (Å²) in [5.41, 5.74) is 3.04. The summed E-state index contributed by atoms with van der Waals surface area (Å²) in [5.74, 6) is 2.18. The van der Waals surface area contributed by atoms with Crippen LogP contribution in [0.2, 0.25) is 0 Å². The highest BCUT2D eigenvalue weighted by atomic mass is 79.9. The van der Waals surface area contributed by atoms with Gasteiger partial charge in [-0.15, -0.1) is 0 Å². The Bertz CT molecular complexity index is 877. The van der Waals surface area contributed by atoms with Gasteiger partial charge in [-0.05, 0) is 71.0 Å². The molecule has 3 aromatic rings. The van der Waals surface area contributed by atoms with Gasteiger partial charge in [-0.3, -0.25) is 0 Å². The molecule has 4 rings (SSSR count). The number of fused-ring (bicyclic) bond motifs is 1. The van der Waals surface area contributed by atoms with Crippen molar-refractivity contribution in [3.63, 3.8) is 0 Å². The number of rotatable bonds is 4. The van der Waals surface area contributed by atoms with Gasteiger partial charge in [0.15, 0.2) is 0 Å². The predicted molar refractivity (Wildman–Crippen MR) is 116 cm³/mol. The van der Waals surface area contributed by atoms with Gasteiger partial charge < -0.3 is 0 Å². The predicted octanol–water partition coefficient (Wildman–Crippen LogP) is 8.07. The molecule has 134 valence electrons. The van der Waals surface area contributed by atoms with Gasteiger partial charge in [0.25, 0.3) is 0 Å². The lowest BCUT2D eigenvalue weighted by atomic mass is 9.74. The lowest BCUT2D eigenvalue weighted by molar-refractivity contribution is 0.293. The number of hydrogen-bond donors (Lipinski definition) is 0. The van der Waals surface area contributed by atoms with Crippen LogP contribution in [0.15, 0.2) is 71.2 Å². The van der Waals surface area contributed by atoms with Gasteiger partial charge in [-0.25, -0.2) is 0 Å². The SMILES string of the molecule is C[C@@H](C[C@@H]1CCC[C@@H](c2cccc(Br)c2)C1)c1cccc2ccccc12. The summed E-state index contributed by atoms with van der Waals surface area (Å²) >= 11 is 3.64. The van der Waals surface area contributed by atoms with Crippen molar-refractivity contribution < 1.29 is 0 Å². The number of benzene rings is 3. The average molecular weight is 407 g/mol. The third-order valence-electron chi connectivity index (χ3n) is 6.14. The minimum atomic E-state index is 0.618. The summed E-state index contributed by atoms with van der Waals surface area (Å²) in [4.78, 5) is 0. The normalized spacial score (nSPS) is 21.6. The van der Waals surface area contributed by atoms with Crippen LogP contribution in [0.5, 0.6) is 0 Å². The molecule has 0 aliphatic heterocycles.